The van der Waals surface area contributed by atoms with Gasteiger partial charge in [-0.25, -0.2) is 0 Å². The standard InChI is InChI=1S/C8H16O3.Na.H/c1-3-4-5-10-6-7-11-8(2)9;;/h3-7H2,1-2H3;;/q;+1;-1. The number of unbranched alkanes of at least 4 members (excludes halogenated alkanes) is 1. The van der Waals surface area contributed by atoms with Gasteiger partial charge in [-0.3, -0.25) is 4.79 Å². The minimum Gasteiger partial charge on any atom is -1.00 e. The van der Waals surface area contributed by atoms with Crippen LogP contribution < -0.4 is 29.6 Å². The van der Waals surface area contributed by atoms with Crippen molar-refractivity contribution in [2.75, 3.05) is 19.8 Å². The monoisotopic (exact) mass is 184 g/mol. The summed E-state index contributed by atoms with van der Waals surface area (Å²) >= 11 is 0. The van der Waals surface area contributed by atoms with Crippen molar-refractivity contribution in [2.24, 2.45) is 0 Å². The summed E-state index contributed by atoms with van der Waals surface area (Å²) in [5.74, 6) is -0.246. The molecule has 0 spiro atoms. The number of hydrogen-bond acceptors (Lipinski definition) is 3. The van der Waals surface area contributed by atoms with Crippen LogP contribution in [0.5, 0.6) is 0 Å². The van der Waals surface area contributed by atoms with E-state index in [0.29, 0.717) is 13.2 Å². The van der Waals surface area contributed by atoms with Gasteiger partial charge in [0.15, 0.2) is 0 Å². The van der Waals surface area contributed by atoms with Gasteiger partial charge >= 0.3 is 35.5 Å². The second kappa shape index (κ2) is 11.4. The summed E-state index contributed by atoms with van der Waals surface area (Å²) in [6, 6.07) is 0. The predicted molar refractivity (Wildman–Crippen MR) is 43.5 cm³/mol. The molecular weight excluding hydrogens is 167 g/mol. The van der Waals surface area contributed by atoms with Gasteiger partial charge < -0.3 is 10.9 Å². The molecular formula is C8H17NaO3. The Kier molecular flexibility index (Phi) is 14.2. The van der Waals surface area contributed by atoms with E-state index in [1.165, 1.54) is 6.92 Å². The molecule has 4 heteroatoms. The first-order valence-corrected chi connectivity index (χ1v) is 3.98. The fraction of sp³-hybridized carbons (Fsp3) is 0.875. The Labute approximate surface area is 97.6 Å². The van der Waals surface area contributed by atoms with Gasteiger partial charge in [0, 0.05) is 13.5 Å². The third-order valence-corrected chi connectivity index (χ3v) is 1.18. The molecule has 0 rings (SSSR count). The van der Waals surface area contributed by atoms with Crippen LogP contribution in [-0.2, 0) is 14.3 Å². The molecule has 0 heterocycles. The number of ether oxygens (including phenoxy) is 2. The number of carbonyl (C=O) groups excluding carboxylic acids is 1. The van der Waals surface area contributed by atoms with E-state index in [2.05, 4.69) is 11.7 Å². The van der Waals surface area contributed by atoms with E-state index in [1.807, 2.05) is 0 Å². The predicted octanol–water partition coefficient (Wildman–Crippen LogP) is -1.52. The maximum atomic E-state index is 10.3. The van der Waals surface area contributed by atoms with Gasteiger partial charge in [-0.05, 0) is 6.42 Å². The molecule has 3 nitrogen and oxygen atoms in total. The van der Waals surface area contributed by atoms with Crippen molar-refractivity contribution in [1.82, 2.24) is 0 Å². The molecule has 0 aromatic carbocycles. The largest absolute Gasteiger partial charge is 1.00 e. The maximum absolute atomic E-state index is 10.3. The molecule has 0 bridgehead atoms. The maximum Gasteiger partial charge on any atom is 1.00 e. The van der Waals surface area contributed by atoms with E-state index in [0.717, 1.165) is 19.4 Å². The minimum absolute atomic E-state index is 0. The summed E-state index contributed by atoms with van der Waals surface area (Å²) in [4.78, 5) is 10.3. The Hall–Kier alpha value is 0.430. The molecule has 0 aliphatic rings. The zero-order valence-corrected chi connectivity index (χ0v) is 10.3. The minimum atomic E-state index is -0.246. The number of rotatable bonds is 6. The molecule has 0 aliphatic heterocycles. The molecule has 0 aromatic heterocycles. The number of esters is 1. The van der Waals surface area contributed by atoms with E-state index in [9.17, 15) is 4.79 Å². The van der Waals surface area contributed by atoms with Crippen molar-refractivity contribution in [3.05, 3.63) is 0 Å². The summed E-state index contributed by atoms with van der Waals surface area (Å²) in [6.45, 7) is 5.15. The van der Waals surface area contributed by atoms with Crippen molar-refractivity contribution < 1.29 is 45.3 Å². The summed E-state index contributed by atoms with van der Waals surface area (Å²) in [5, 5.41) is 0. The Morgan fingerprint density at radius 3 is 2.50 bits per heavy atom. The smallest absolute Gasteiger partial charge is 1.00 e. The fourth-order valence-corrected chi connectivity index (χ4v) is 0.593. The van der Waals surface area contributed by atoms with Crippen LogP contribution in [0.4, 0.5) is 0 Å². The number of hydrogen-bond donors (Lipinski definition) is 0. The fourth-order valence-electron chi connectivity index (χ4n) is 0.593. The van der Waals surface area contributed by atoms with Gasteiger partial charge in [0.2, 0.25) is 0 Å². The zero-order chi connectivity index (χ0) is 8.53. The van der Waals surface area contributed by atoms with Crippen LogP contribution >= 0.6 is 0 Å². The van der Waals surface area contributed by atoms with Crippen LogP contribution in [-0.4, -0.2) is 25.8 Å². The average molecular weight is 184 g/mol. The van der Waals surface area contributed by atoms with Crippen molar-refractivity contribution in [1.29, 1.82) is 0 Å². The zero-order valence-electron chi connectivity index (χ0n) is 9.26. The number of carbonyl (C=O) groups is 1. The second-order valence-electron chi connectivity index (χ2n) is 2.31. The van der Waals surface area contributed by atoms with Gasteiger partial charge in [-0.1, -0.05) is 13.3 Å². The van der Waals surface area contributed by atoms with Crippen molar-refractivity contribution >= 4 is 5.97 Å². The van der Waals surface area contributed by atoms with E-state index in [4.69, 9.17) is 4.74 Å². The van der Waals surface area contributed by atoms with Crippen molar-refractivity contribution in [3.8, 4) is 0 Å². The molecule has 0 saturated heterocycles. The van der Waals surface area contributed by atoms with Crippen LogP contribution in [0.3, 0.4) is 0 Å². The summed E-state index contributed by atoms with van der Waals surface area (Å²) in [5.41, 5.74) is 0. The van der Waals surface area contributed by atoms with Crippen molar-refractivity contribution in [2.45, 2.75) is 26.7 Å². The van der Waals surface area contributed by atoms with Gasteiger partial charge in [0.25, 0.3) is 0 Å². The first-order valence-electron chi connectivity index (χ1n) is 3.98. The molecule has 0 fully saturated rings. The van der Waals surface area contributed by atoms with Gasteiger partial charge in [0.05, 0.1) is 6.61 Å². The van der Waals surface area contributed by atoms with Gasteiger partial charge in [0.1, 0.15) is 6.61 Å². The third-order valence-electron chi connectivity index (χ3n) is 1.18. The SMILES string of the molecule is CCCCOCCOC(C)=O.[H-].[Na+]. The second-order valence-corrected chi connectivity index (χ2v) is 2.31. The molecule has 0 aromatic rings. The van der Waals surface area contributed by atoms with Gasteiger partial charge in [-0.2, -0.15) is 0 Å². The van der Waals surface area contributed by atoms with Crippen LogP contribution in [0.15, 0.2) is 0 Å². The molecule has 0 unspecified atom stereocenters. The van der Waals surface area contributed by atoms with Crippen LogP contribution in [0.25, 0.3) is 0 Å². The molecule has 0 amide bonds. The first-order chi connectivity index (χ1) is 5.27. The van der Waals surface area contributed by atoms with E-state index < -0.39 is 0 Å². The van der Waals surface area contributed by atoms with Crippen LogP contribution in [0.1, 0.15) is 28.1 Å². The first kappa shape index (κ1) is 14.9. The topological polar surface area (TPSA) is 35.5 Å². The Morgan fingerprint density at radius 1 is 1.33 bits per heavy atom. The molecule has 0 aliphatic carbocycles. The molecule has 68 valence electrons. The van der Waals surface area contributed by atoms with E-state index >= 15 is 0 Å². The average Bonchev–Trinajstić information content (AvgIpc) is 1.96. The van der Waals surface area contributed by atoms with Gasteiger partial charge in [-0.15, -0.1) is 0 Å². The molecule has 0 radical (unpaired) electrons. The van der Waals surface area contributed by atoms with E-state index in [-0.39, 0.29) is 37.0 Å². The quantitative estimate of drug-likeness (QED) is 0.286. The Balaban J connectivity index is -0.000000500. The summed E-state index contributed by atoms with van der Waals surface area (Å²) in [7, 11) is 0. The molecule has 12 heavy (non-hydrogen) atoms. The normalized spacial score (nSPS) is 8.83. The molecule has 0 N–H and O–H groups in total. The van der Waals surface area contributed by atoms with E-state index in [1.54, 1.807) is 0 Å². The third kappa shape index (κ3) is 13.1. The van der Waals surface area contributed by atoms with Crippen LogP contribution in [0.2, 0.25) is 0 Å². The summed E-state index contributed by atoms with van der Waals surface area (Å²) in [6.07, 6.45) is 2.20. The van der Waals surface area contributed by atoms with Crippen molar-refractivity contribution in [3.63, 3.8) is 0 Å². The Bertz CT molecular complexity index is 112. The molecule has 0 saturated carbocycles. The molecule has 0 atom stereocenters. The van der Waals surface area contributed by atoms with Crippen LogP contribution in [0, 0.1) is 0 Å². The summed E-state index contributed by atoms with van der Waals surface area (Å²) < 4.78 is 9.81. The Morgan fingerprint density at radius 2 is 2.00 bits per heavy atom.